The molecule has 0 radical (unpaired) electrons. The molecule has 0 spiro atoms. The first-order chi connectivity index (χ1) is 15.8. The second-order valence-corrected chi connectivity index (χ2v) is 7.24. The van der Waals surface area contributed by atoms with E-state index in [0.717, 1.165) is 5.56 Å². The molecular formula is C23H25N3O7. The van der Waals surface area contributed by atoms with Crippen LogP contribution in [0.25, 0.3) is 0 Å². The first kappa shape index (κ1) is 23.7. The van der Waals surface area contributed by atoms with E-state index in [1.165, 1.54) is 6.92 Å². The van der Waals surface area contributed by atoms with E-state index in [1.54, 1.807) is 43.3 Å². The molecule has 33 heavy (non-hydrogen) atoms. The van der Waals surface area contributed by atoms with Crippen molar-refractivity contribution in [2.75, 3.05) is 13.2 Å². The summed E-state index contributed by atoms with van der Waals surface area (Å²) in [5, 5.41) is 6.87. The SMILES string of the molecule is CCOCCC1(Oc2ccc(Oc3ccc(CNC(C)=O)cc3)cc2)C(=O)NC(=O)NC1=O. The smallest absolute Gasteiger partial charge is 0.328 e. The Bertz CT molecular complexity index is 999. The van der Waals surface area contributed by atoms with Crippen LogP contribution >= 0.6 is 0 Å². The summed E-state index contributed by atoms with van der Waals surface area (Å²) >= 11 is 0. The number of hydrogen-bond acceptors (Lipinski definition) is 7. The van der Waals surface area contributed by atoms with Crippen LogP contribution in [-0.2, 0) is 25.7 Å². The molecule has 1 heterocycles. The lowest BCUT2D eigenvalue weighted by Crippen LogP contribution is -2.69. The fourth-order valence-corrected chi connectivity index (χ4v) is 3.09. The van der Waals surface area contributed by atoms with Gasteiger partial charge in [0.1, 0.15) is 17.2 Å². The van der Waals surface area contributed by atoms with Crippen LogP contribution < -0.4 is 25.4 Å². The van der Waals surface area contributed by atoms with E-state index in [1.807, 2.05) is 12.1 Å². The highest BCUT2D eigenvalue weighted by atomic mass is 16.5. The molecule has 1 aliphatic rings. The molecule has 0 unspecified atom stereocenters. The topological polar surface area (TPSA) is 132 Å². The van der Waals surface area contributed by atoms with Crippen molar-refractivity contribution in [3.8, 4) is 17.2 Å². The zero-order valence-electron chi connectivity index (χ0n) is 18.3. The van der Waals surface area contributed by atoms with Crippen LogP contribution in [0.2, 0.25) is 0 Å². The molecule has 3 rings (SSSR count). The summed E-state index contributed by atoms with van der Waals surface area (Å²) in [5.41, 5.74) is -1.00. The average molecular weight is 455 g/mol. The van der Waals surface area contributed by atoms with Crippen LogP contribution in [0.4, 0.5) is 4.79 Å². The zero-order valence-corrected chi connectivity index (χ0v) is 18.3. The van der Waals surface area contributed by atoms with Gasteiger partial charge < -0.3 is 19.5 Å². The number of urea groups is 1. The Balaban J connectivity index is 1.68. The quantitative estimate of drug-likeness (QED) is 0.369. The van der Waals surface area contributed by atoms with Crippen molar-refractivity contribution in [3.63, 3.8) is 0 Å². The molecule has 1 fully saturated rings. The fraction of sp³-hybridized carbons (Fsp3) is 0.304. The van der Waals surface area contributed by atoms with Gasteiger partial charge in [0.15, 0.2) is 0 Å². The van der Waals surface area contributed by atoms with Crippen LogP contribution in [0.5, 0.6) is 17.2 Å². The van der Waals surface area contributed by atoms with Crippen molar-refractivity contribution in [2.24, 2.45) is 0 Å². The van der Waals surface area contributed by atoms with E-state index >= 15 is 0 Å². The lowest BCUT2D eigenvalue weighted by atomic mass is 9.95. The summed E-state index contributed by atoms with van der Waals surface area (Å²) in [6, 6.07) is 12.7. The maximum atomic E-state index is 12.5. The van der Waals surface area contributed by atoms with Crippen LogP contribution in [0.1, 0.15) is 25.8 Å². The second kappa shape index (κ2) is 10.6. The van der Waals surface area contributed by atoms with Gasteiger partial charge in [-0.15, -0.1) is 0 Å². The van der Waals surface area contributed by atoms with Gasteiger partial charge in [0.25, 0.3) is 17.4 Å². The van der Waals surface area contributed by atoms with Crippen LogP contribution in [0, 0.1) is 0 Å². The molecule has 1 aliphatic heterocycles. The largest absolute Gasteiger partial charge is 0.467 e. The maximum absolute atomic E-state index is 12.5. The van der Waals surface area contributed by atoms with E-state index < -0.39 is 23.4 Å². The highest BCUT2D eigenvalue weighted by Crippen LogP contribution is 2.28. The lowest BCUT2D eigenvalue weighted by Gasteiger charge is -2.34. The summed E-state index contributed by atoms with van der Waals surface area (Å²) in [6.45, 7) is 4.16. The highest BCUT2D eigenvalue weighted by Gasteiger charge is 2.52. The number of ether oxygens (including phenoxy) is 3. The molecular weight excluding hydrogens is 430 g/mol. The summed E-state index contributed by atoms with van der Waals surface area (Å²) in [4.78, 5) is 47.5. The molecule has 5 amide bonds. The lowest BCUT2D eigenvalue weighted by molar-refractivity contribution is -0.153. The minimum Gasteiger partial charge on any atom is -0.467 e. The van der Waals surface area contributed by atoms with Crippen molar-refractivity contribution >= 4 is 23.8 Å². The predicted molar refractivity (Wildman–Crippen MR) is 117 cm³/mol. The molecule has 0 saturated carbocycles. The Labute approximate surface area is 190 Å². The first-order valence-electron chi connectivity index (χ1n) is 10.4. The fourth-order valence-electron chi connectivity index (χ4n) is 3.09. The number of imide groups is 2. The minimum atomic E-state index is -1.94. The van der Waals surface area contributed by atoms with Gasteiger partial charge >= 0.3 is 6.03 Å². The van der Waals surface area contributed by atoms with Gasteiger partial charge in [-0.2, -0.15) is 0 Å². The van der Waals surface area contributed by atoms with E-state index in [9.17, 15) is 19.2 Å². The van der Waals surface area contributed by atoms with Gasteiger partial charge in [0, 0.05) is 26.5 Å². The average Bonchev–Trinajstić information content (AvgIpc) is 2.78. The van der Waals surface area contributed by atoms with Gasteiger partial charge in [-0.1, -0.05) is 12.1 Å². The number of carbonyl (C=O) groups is 4. The van der Waals surface area contributed by atoms with E-state index in [-0.39, 0.29) is 24.7 Å². The van der Waals surface area contributed by atoms with Gasteiger partial charge in [-0.25, -0.2) is 4.79 Å². The molecule has 10 nitrogen and oxygen atoms in total. The van der Waals surface area contributed by atoms with Gasteiger partial charge in [0.05, 0.1) is 6.61 Å². The third-order valence-corrected chi connectivity index (χ3v) is 4.81. The van der Waals surface area contributed by atoms with E-state index in [4.69, 9.17) is 14.2 Å². The Morgan fingerprint density at radius 3 is 2.00 bits per heavy atom. The molecule has 2 aromatic rings. The Hall–Kier alpha value is -3.92. The normalized spacial score (nSPS) is 14.8. The third-order valence-electron chi connectivity index (χ3n) is 4.81. The minimum absolute atomic E-state index is 0.0745. The number of hydrogen-bond donors (Lipinski definition) is 3. The highest BCUT2D eigenvalue weighted by molar-refractivity contribution is 6.21. The third kappa shape index (κ3) is 6.07. The van der Waals surface area contributed by atoms with Crippen LogP contribution in [0.3, 0.4) is 0 Å². The van der Waals surface area contributed by atoms with E-state index in [0.29, 0.717) is 24.7 Å². The van der Waals surface area contributed by atoms with Crippen LogP contribution in [-0.4, -0.2) is 42.6 Å². The Kier molecular flexibility index (Phi) is 7.62. The van der Waals surface area contributed by atoms with Crippen molar-refractivity contribution < 1.29 is 33.4 Å². The standard InChI is InChI=1S/C23H25N3O7/c1-3-31-13-12-23(20(28)25-22(30)26-21(23)29)33-19-10-8-18(9-11-19)32-17-6-4-16(5-7-17)14-24-15(2)27/h4-11H,3,12-14H2,1-2H3,(H,24,27)(H2,25,26,28,29,30). The van der Waals surface area contributed by atoms with Gasteiger partial charge in [-0.05, 0) is 48.9 Å². The number of barbiturate groups is 1. The monoisotopic (exact) mass is 455 g/mol. The Morgan fingerprint density at radius 1 is 0.909 bits per heavy atom. The number of benzene rings is 2. The number of rotatable bonds is 10. The van der Waals surface area contributed by atoms with Crippen molar-refractivity contribution in [3.05, 3.63) is 54.1 Å². The van der Waals surface area contributed by atoms with Crippen molar-refractivity contribution in [1.29, 1.82) is 0 Å². The second-order valence-electron chi connectivity index (χ2n) is 7.24. The van der Waals surface area contributed by atoms with Gasteiger partial charge in [-0.3, -0.25) is 25.0 Å². The predicted octanol–water partition coefficient (Wildman–Crippen LogP) is 2.03. The first-order valence-corrected chi connectivity index (χ1v) is 10.4. The van der Waals surface area contributed by atoms with Crippen molar-refractivity contribution in [1.82, 2.24) is 16.0 Å². The number of carbonyl (C=O) groups excluding carboxylic acids is 4. The summed E-state index contributed by atoms with van der Waals surface area (Å²) in [6.07, 6.45) is -0.0745. The molecule has 3 N–H and O–H groups in total. The molecule has 0 bridgehead atoms. The van der Waals surface area contributed by atoms with Crippen molar-refractivity contribution in [2.45, 2.75) is 32.4 Å². The summed E-state index contributed by atoms with van der Waals surface area (Å²) in [5.74, 6) is -0.469. The molecule has 1 saturated heterocycles. The summed E-state index contributed by atoms with van der Waals surface area (Å²) in [7, 11) is 0. The number of amides is 5. The summed E-state index contributed by atoms with van der Waals surface area (Å²) < 4.78 is 16.9. The van der Waals surface area contributed by atoms with Gasteiger partial charge in [0.2, 0.25) is 5.91 Å². The maximum Gasteiger partial charge on any atom is 0.328 e. The molecule has 0 aliphatic carbocycles. The Morgan fingerprint density at radius 2 is 1.45 bits per heavy atom. The number of nitrogens with one attached hydrogen (secondary N) is 3. The molecule has 2 aromatic carbocycles. The molecule has 0 aromatic heterocycles. The van der Waals surface area contributed by atoms with Crippen LogP contribution in [0.15, 0.2) is 48.5 Å². The molecule has 174 valence electrons. The van der Waals surface area contributed by atoms with E-state index in [2.05, 4.69) is 16.0 Å². The molecule has 0 atom stereocenters. The zero-order chi connectivity index (χ0) is 23.8. The molecule has 10 heteroatoms.